The Hall–Kier alpha value is -0.200. The summed E-state index contributed by atoms with van der Waals surface area (Å²) >= 11 is 0. The molecule has 0 spiro atoms. The van der Waals surface area contributed by atoms with E-state index in [0.717, 1.165) is 13.1 Å². The zero-order valence-corrected chi connectivity index (χ0v) is 12.8. The van der Waals surface area contributed by atoms with E-state index in [0.29, 0.717) is 39.6 Å². The Morgan fingerprint density at radius 2 is 1.58 bits per heavy atom. The first-order valence-corrected chi connectivity index (χ1v) is 7.28. The van der Waals surface area contributed by atoms with E-state index in [1.807, 2.05) is 0 Å². The highest BCUT2D eigenvalue weighted by Gasteiger charge is 2.00. The van der Waals surface area contributed by atoms with Gasteiger partial charge in [-0.2, -0.15) is 0 Å². The predicted octanol–water partition coefficient (Wildman–Crippen LogP) is 1.46. The minimum atomic E-state index is 0.235. The fourth-order valence-corrected chi connectivity index (χ4v) is 1.44. The standard InChI is InChI=1S/C14H31NO4/c1-4-5-6-15-13-14(2)19-12-11-18-10-9-17-8-7-16-3/h14-15H,4-13H2,1-3H3. The van der Waals surface area contributed by atoms with Gasteiger partial charge in [0.15, 0.2) is 0 Å². The van der Waals surface area contributed by atoms with Gasteiger partial charge in [0.25, 0.3) is 0 Å². The third-order valence-electron chi connectivity index (χ3n) is 2.57. The molecule has 0 amide bonds. The van der Waals surface area contributed by atoms with Gasteiger partial charge in [-0.3, -0.25) is 0 Å². The van der Waals surface area contributed by atoms with Crippen LogP contribution in [0.1, 0.15) is 26.7 Å². The molecular weight excluding hydrogens is 246 g/mol. The first-order valence-electron chi connectivity index (χ1n) is 7.28. The van der Waals surface area contributed by atoms with Crippen molar-refractivity contribution in [3.63, 3.8) is 0 Å². The Bertz CT molecular complexity index is 170. The van der Waals surface area contributed by atoms with Crippen LogP contribution in [0.3, 0.4) is 0 Å². The fraction of sp³-hybridized carbons (Fsp3) is 1.00. The average molecular weight is 277 g/mol. The van der Waals surface area contributed by atoms with Gasteiger partial charge in [-0.25, -0.2) is 0 Å². The molecule has 0 rings (SSSR count). The highest BCUT2D eigenvalue weighted by molar-refractivity contribution is 4.55. The van der Waals surface area contributed by atoms with Crippen molar-refractivity contribution in [2.24, 2.45) is 0 Å². The number of ether oxygens (including phenoxy) is 4. The van der Waals surface area contributed by atoms with E-state index >= 15 is 0 Å². The zero-order chi connectivity index (χ0) is 14.2. The molecule has 1 N–H and O–H groups in total. The van der Waals surface area contributed by atoms with Crippen LogP contribution in [0.25, 0.3) is 0 Å². The molecule has 0 aromatic rings. The lowest BCUT2D eigenvalue weighted by Crippen LogP contribution is -2.28. The molecule has 0 aliphatic carbocycles. The monoisotopic (exact) mass is 277 g/mol. The van der Waals surface area contributed by atoms with Gasteiger partial charge < -0.3 is 24.3 Å². The summed E-state index contributed by atoms with van der Waals surface area (Å²) in [4.78, 5) is 0. The highest BCUT2D eigenvalue weighted by Crippen LogP contribution is 1.90. The lowest BCUT2D eigenvalue weighted by molar-refractivity contribution is -0.0115. The van der Waals surface area contributed by atoms with Crippen molar-refractivity contribution < 1.29 is 18.9 Å². The Morgan fingerprint density at radius 1 is 0.947 bits per heavy atom. The smallest absolute Gasteiger partial charge is 0.0704 e. The number of unbranched alkanes of at least 4 members (excludes halogenated alkanes) is 1. The minimum absolute atomic E-state index is 0.235. The maximum absolute atomic E-state index is 5.62. The average Bonchev–Trinajstić information content (AvgIpc) is 2.42. The highest BCUT2D eigenvalue weighted by atomic mass is 16.6. The van der Waals surface area contributed by atoms with Gasteiger partial charge in [0.1, 0.15) is 0 Å². The number of hydrogen-bond acceptors (Lipinski definition) is 5. The molecule has 1 atom stereocenters. The molecule has 0 aliphatic rings. The molecule has 0 radical (unpaired) electrons. The van der Waals surface area contributed by atoms with Crippen molar-refractivity contribution >= 4 is 0 Å². The topological polar surface area (TPSA) is 49.0 Å². The van der Waals surface area contributed by atoms with Crippen molar-refractivity contribution in [1.82, 2.24) is 5.32 Å². The van der Waals surface area contributed by atoms with Gasteiger partial charge >= 0.3 is 0 Å². The second-order valence-electron chi connectivity index (χ2n) is 4.46. The van der Waals surface area contributed by atoms with E-state index in [9.17, 15) is 0 Å². The van der Waals surface area contributed by atoms with Crippen LogP contribution in [0.4, 0.5) is 0 Å². The van der Waals surface area contributed by atoms with Crippen LogP contribution < -0.4 is 5.32 Å². The van der Waals surface area contributed by atoms with Crippen molar-refractivity contribution in [3.8, 4) is 0 Å². The predicted molar refractivity (Wildman–Crippen MR) is 76.7 cm³/mol. The molecule has 0 saturated heterocycles. The van der Waals surface area contributed by atoms with Gasteiger partial charge in [0, 0.05) is 13.7 Å². The summed E-state index contributed by atoms with van der Waals surface area (Å²) in [5, 5.41) is 3.37. The largest absolute Gasteiger partial charge is 0.382 e. The van der Waals surface area contributed by atoms with E-state index in [1.54, 1.807) is 7.11 Å². The van der Waals surface area contributed by atoms with E-state index in [2.05, 4.69) is 19.2 Å². The Balaban J connectivity index is 3.07. The van der Waals surface area contributed by atoms with Crippen LogP contribution in [-0.2, 0) is 18.9 Å². The summed E-state index contributed by atoms with van der Waals surface area (Å²) in [5.41, 5.74) is 0. The molecule has 0 aromatic heterocycles. The molecule has 116 valence electrons. The number of rotatable bonds is 15. The molecule has 0 aromatic carbocycles. The molecule has 1 unspecified atom stereocenters. The van der Waals surface area contributed by atoms with Crippen LogP contribution >= 0.6 is 0 Å². The Kier molecular flexibility index (Phi) is 15.7. The summed E-state index contributed by atoms with van der Waals surface area (Å²) in [6, 6.07) is 0. The quantitative estimate of drug-likeness (QED) is 0.459. The molecule has 0 aliphatic heterocycles. The first kappa shape index (κ1) is 18.8. The van der Waals surface area contributed by atoms with Gasteiger partial charge in [0.2, 0.25) is 0 Å². The second kappa shape index (κ2) is 15.9. The van der Waals surface area contributed by atoms with Crippen molar-refractivity contribution in [1.29, 1.82) is 0 Å². The Labute approximate surface area is 117 Å². The van der Waals surface area contributed by atoms with Crippen LogP contribution in [0.2, 0.25) is 0 Å². The molecular formula is C14H31NO4. The molecule has 0 heterocycles. The maximum Gasteiger partial charge on any atom is 0.0704 e. The van der Waals surface area contributed by atoms with Crippen molar-refractivity contribution in [3.05, 3.63) is 0 Å². The summed E-state index contributed by atoms with van der Waals surface area (Å²) in [6.07, 6.45) is 2.68. The number of methoxy groups -OCH3 is 1. The van der Waals surface area contributed by atoms with Crippen LogP contribution in [0.15, 0.2) is 0 Å². The van der Waals surface area contributed by atoms with E-state index in [1.165, 1.54) is 12.8 Å². The molecule has 5 heteroatoms. The molecule has 0 fully saturated rings. The maximum atomic E-state index is 5.62. The SMILES string of the molecule is CCCCNCC(C)OCCOCCOCCOC. The molecule has 5 nitrogen and oxygen atoms in total. The third kappa shape index (κ3) is 15.7. The summed E-state index contributed by atoms with van der Waals surface area (Å²) in [6.45, 7) is 9.96. The summed E-state index contributed by atoms with van der Waals surface area (Å²) < 4.78 is 21.2. The lowest BCUT2D eigenvalue weighted by Gasteiger charge is -2.14. The van der Waals surface area contributed by atoms with Crippen LogP contribution in [0.5, 0.6) is 0 Å². The minimum Gasteiger partial charge on any atom is -0.382 e. The van der Waals surface area contributed by atoms with Gasteiger partial charge in [0.05, 0.1) is 45.7 Å². The van der Waals surface area contributed by atoms with Gasteiger partial charge in [-0.05, 0) is 19.9 Å². The van der Waals surface area contributed by atoms with E-state index in [4.69, 9.17) is 18.9 Å². The number of hydrogen-bond donors (Lipinski definition) is 1. The van der Waals surface area contributed by atoms with E-state index in [-0.39, 0.29) is 6.10 Å². The fourth-order valence-electron chi connectivity index (χ4n) is 1.44. The van der Waals surface area contributed by atoms with Crippen molar-refractivity contribution in [2.45, 2.75) is 32.8 Å². The number of nitrogens with one attached hydrogen (secondary N) is 1. The van der Waals surface area contributed by atoms with Crippen molar-refractivity contribution in [2.75, 3.05) is 59.8 Å². The lowest BCUT2D eigenvalue weighted by atomic mass is 10.3. The normalized spacial score (nSPS) is 12.8. The zero-order valence-electron chi connectivity index (χ0n) is 12.8. The van der Waals surface area contributed by atoms with E-state index < -0.39 is 0 Å². The summed E-state index contributed by atoms with van der Waals surface area (Å²) in [7, 11) is 1.66. The molecule has 0 saturated carbocycles. The first-order chi connectivity index (χ1) is 9.31. The van der Waals surface area contributed by atoms with Gasteiger partial charge in [-0.15, -0.1) is 0 Å². The summed E-state index contributed by atoms with van der Waals surface area (Å²) in [5.74, 6) is 0. The molecule has 0 bridgehead atoms. The Morgan fingerprint density at radius 3 is 2.21 bits per heavy atom. The third-order valence-corrected chi connectivity index (χ3v) is 2.57. The second-order valence-corrected chi connectivity index (χ2v) is 4.46. The van der Waals surface area contributed by atoms with Crippen LogP contribution in [0, 0.1) is 0 Å². The van der Waals surface area contributed by atoms with Gasteiger partial charge in [-0.1, -0.05) is 13.3 Å². The van der Waals surface area contributed by atoms with Crippen LogP contribution in [-0.4, -0.2) is 65.9 Å². The molecule has 19 heavy (non-hydrogen) atoms.